The maximum atomic E-state index is 11.1. The Hall–Kier alpha value is 0.0700. The SMILES string of the molecule is CC(CNC1CCC(O)CC1)S(C)=O. The molecule has 0 heterocycles. The third-order valence-electron chi connectivity index (χ3n) is 2.96. The molecule has 0 aliphatic heterocycles. The van der Waals surface area contributed by atoms with Crippen LogP contribution < -0.4 is 5.32 Å². The molecule has 3 nitrogen and oxygen atoms in total. The normalized spacial score (nSPS) is 32.5. The molecule has 0 aromatic rings. The van der Waals surface area contributed by atoms with Gasteiger partial charge in [0.25, 0.3) is 0 Å². The van der Waals surface area contributed by atoms with Crippen molar-refractivity contribution in [3.05, 3.63) is 0 Å². The summed E-state index contributed by atoms with van der Waals surface area (Å²) >= 11 is 0. The molecule has 0 aromatic heterocycles. The smallest absolute Gasteiger partial charge is 0.0541 e. The molecule has 0 bridgehead atoms. The van der Waals surface area contributed by atoms with E-state index in [4.69, 9.17) is 0 Å². The van der Waals surface area contributed by atoms with Crippen molar-refractivity contribution in [1.82, 2.24) is 5.32 Å². The van der Waals surface area contributed by atoms with E-state index < -0.39 is 10.8 Å². The molecule has 4 heteroatoms. The third-order valence-corrected chi connectivity index (χ3v) is 4.26. The van der Waals surface area contributed by atoms with Gasteiger partial charge >= 0.3 is 0 Å². The van der Waals surface area contributed by atoms with Gasteiger partial charge in [-0.2, -0.15) is 0 Å². The third kappa shape index (κ3) is 4.07. The van der Waals surface area contributed by atoms with Crippen LogP contribution in [-0.4, -0.2) is 39.5 Å². The van der Waals surface area contributed by atoms with E-state index in [9.17, 15) is 9.32 Å². The molecule has 1 rings (SSSR count). The summed E-state index contributed by atoms with van der Waals surface area (Å²) in [6, 6.07) is 0.518. The zero-order valence-electron chi connectivity index (χ0n) is 9.03. The Morgan fingerprint density at radius 3 is 2.50 bits per heavy atom. The Bertz CT molecular complexity index is 191. The second-order valence-electron chi connectivity index (χ2n) is 4.22. The quantitative estimate of drug-likeness (QED) is 0.730. The lowest BCUT2D eigenvalue weighted by Gasteiger charge is -2.27. The van der Waals surface area contributed by atoms with E-state index in [1.807, 2.05) is 6.92 Å². The van der Waals surface area contributed by atoms with Crippen LogP contribution in [0.3, 0.4) is 0 Å². The van der Waals surface area contributed by atoms with Crippen LogP contribution in [0.15, 0.2) is 0 Å². The van der Waals surface area contributed by atoms with Crippen molar-refractivity contribution in [1.29, 1.82) is 0 Å². The van der Waals surface area contributed by atoms with Crippen molar-refractivity contribution in [2.75, 3.05) is 12.8 Å². The van der Waals surface area contributed by atoms with Crippen LogP contribution in [0.5, 0.6) is 0 Å². The first-order valence-corrected chi connectivity index (χ1v) is 6.95. The number of nitrogens with one attached hydrogen (secondary N) is 1. The molecule has 2 atom stereocenters. The lowest BCUT2D eigenvalue weighted by molar-refractivity contribution is 0.117. The molecule has 0 amide bonds. The number of aliphatic hydroxyl groups excluding tert-OH is 1. The Morgan fingerprint density at radius 1 is 1.43 bits per heavy atom. The Balaban J connectivity index is 2.16. The largest absolute Gasteiger partial charge is 0.393 e. The van der Waals surface area contributed by atoms with Gasteiger partial charge in [0.1, 0.15) is 0 Å². The second-order valence-corrected chi connectivity index (χ2v) is 6.02. The summed E-state index contributed by atoms with van der Waals surface area (Å²) in [5.74, 6) is 0. The van der Waals surface area contributed by atoms with Gasteiger partial charge in [0, 0.05) is 34.9 Å². The highest BCUT2D eigenvalue weighted by Crippen LogP contribution is 2.18. The Kier molecular flexibility index (Phi) is 5.06. The molecule has 0 spiro atoms. The molecular formula is C10H21NO2S. The lowest BCUT2D eigenvalue weighted by Crippen LogP contribution is -2.39. The predicted molar refractivity (Wildman–Crippen MR) is 59.8 cm³/mol. The monoisotopic (exact) mass is 219 g/mol. The summed E-state index contributed by atoms with van der Waals surface area (Å²) in [5, 5.41) is 13.0. The summed E-state index contributed by atoms with van der Waals surface area (Å²) in [6.45, 7) is 2.82. The van der Waals surface area contributed by atoms with Crippen LogP contribution in [0, 0.1) is 0 Å². The van der Waals surface area contributed by atoms with Crippen molar-refractivity contribution in [3.63, 3.8) is 0 Å². The fraction of sp³-hybridized carbons (Fsp3) is 1.00. The van der Waals surface area contributed by atoms with Crippen molar-refractivity contribution < 1.29 is 9.32 Å². The second kappa shape index (κ2) is 5.83. The number of hydrogen-bond donors (Lipinski definition) is 2. The van der Waals surface area contributed by atoms with Crippen LogP contribution in [-0.2, 0) is 10.8 Å². The van der Waals surface area contributed by atoms with E-state index in [1.54, 1.807) is 6.26 Å². The van der Waals surface area contributed by atoms with Gasteiger partial charge in [-0.15, -0.1) is 0 Å². The molecule has 0 radical (unpaired) electrons. The first-order chi connectivity index (χ1) is 6.59. The molecule has 0 saturated heterocycles. The predicted octanol–water partition coefficient (Wildman–Crippen LogP) is 0.646. The van der Waals surface area contributed by atoms with Crippen LogP contribution in [0.1, 0.15) is 32.6 Å². The fourth-order valence-electron chi connectivity index (χ4n) is 1.73. The van der Waals surface area contributed by atoms with Gasteiger partial charge in [-0.05, 0) is 32.6 Å². The summed E-state index contributed by atoms with van der Waals surface area (Å²) in [5.41, 5.74) is 0. The maximum Gasteiger partial charge on any atom is 0.0541 e. The van der Waals surface area contributed by atoms with E-state index in [-0.39, 0.29) is 11.4 Å². The first kappa shape index (κ1) is 12.1. The molecule has 1 fully saturated rings. The molecule has 1 aliphatic rings. The van der Waals surface area contributed by atoms with Crippen molar-refractivity contribution in [2.24, 2.45) is 0 Å². The first-order valence-electron chi connectivity index (χ1n) is 5.33. The summed E-state index contributed by atoms with van der Waals surface area (Å²) in [7, 11) is -0.734. The number of hydrogen-bond acceptors (Lipinski definition) is 3. The molecule has 14 heavy (non-hydrogen) atoms. The van der Waals surface area contributed by atoms with Crippen LogP contribution in [0.2, 0.25) is 0 Å². The van der Waals surface area contributed by atoms with Crippen molar-refractivity contribution in [2.45, 2.75) is 50.0 Å². The highest BCUT2D eigenvalue weighted by atomic mass is 32.2. The van der Waals surface area contributed by atoms with Crippen LogP contribution in [0.25, 0.3) is 0 Å². The lowest BCUT2D eigenvalue weighted by atomic mass is 9.93. The van der Waals surface area contributed by atoms with Gasteiger partial charge in [0.2, 0.25) is 0 Å². The molecular weight excluding hydrogens is 198 g/mol. The topological polar surface area (TPSA) is 49.3 Å². The van der Waals surface area contributed by atoms with Gasteiger partial charge < -0.3 is 10.4 Å². The zero-order valence-corrected chi connectivity index (χ0v) is 9.85. The number of aliphatic hydroxyl groups is 1. The highest BCUT2D eigenvalue weighted by Gasteiger charge is 2.19. The van der Waals surface area contributed by atoms with E-state index in [2.05, 4.69) is 5.32 Å². The zero-order chi connectivity index (χ0) is 10.6. The minimum absolute atomic E-state index is 0.0919. The Morgan fingerprint density at radius 2 is 2.00 bits per heavy atom. The fourth-order valence-corrected chi connectivity index (χ4v) is 2.06. The molecule has 0 aromatic carbocycles. The minimum atomic E-state index is -0.734. The molecule has 2 N–H and O–H groups in total. The standard InChI is InChI=1S/C10H21NO2S/c1-8(14(2)13)7-11-9-3-5-10(12)6-4-9/h8-12H,3-7H2,1-2H3. The van der Waals surface area contributed by atoms with Crippen molar-refractivity contribution >= 4 is 10.8 Å². The summed E-state index contributed by atoms with van der Waals surface area (Å²) < 4.78 is 11.1. The van der Waals surface area contributed by atoms with Gasteiger partial charge in [0.15, 0.2) is 0 Å². The Labute approximate surface area is 88.7 Å². The van der Waals surface area contributed by atoms with E-state index in [0.29, 0.717) is 6.04 Å². The average molecular weight is 219 g/mol. The molecule has 1 aliphatic carbocycles. The van der Waals surface area contributed by atoms with Gasteiger partial charge in [-0.3, -0.25) is 4.21 Å². The summed E-state index contributed by atoms with van der Waals surface area (Å²) in [6.07, 6.45) is 5.55. The highest BCUT2D eigenvalue weighted by molar-refractivity contribution is 7.84. The van der Waals surface area contributed by atoms with Gasteiger partial charge in [-0.25, -0.2) is 0 Å². The summed E-state index contributed by atoms with van der Waals surface area (Å²) in [4.78, 5) is 0. The van der Waals surface area contributed by atoms with Gasteiger partial charge in [-0.1, -0.05) is 0 Å². The molecule has 1 saturated carbocycles. The van der Waals surface area contributed by atoms with Crippen LogP contribution in [0.4, 0.5) is 0 Å². The minimum Gasteiger partial charge on any atom is -0.393 e. The van der Waals surface area contributed by atoms with Crippen molar-refractivity contribution in [3.8, 4) is 0 Å². The van der Waals surface area contributed by atoms with E-state index >= 15 is 0 Å². The maximum absolute atomic E-state index is 11.1. The average Bonchev–Trinajstić information content (AvgIpc) is 2.16. The molecule has 2 unspecified atom stereocenters. The van der Waals surface area contributed by atoms with Gasteiger partial charge in [0.05, 0.1) is 6.10 Å². The van der Waals surface area contributed by atoms with Crippen LogP contribution >= 0.6 is 0 Å². The van der Waals surface area contributed by atoms with E-state index in [1.165, 1.54) is 0 Å². The van der Waals surface area contributed by atoms with E-state index in [0.717, 1.165) is 32.2 Å². The molecule has 84 valence electrons. The number of rotatable bonds is 4.